The number of aromatic nitrogens is 2. The Morgan fingerprint density at radius 3 is 2.70 bits per heavy atom. The van der Waals surface area contributed by atoms with Gasteiger partial charge in [-0.3, -0.25) is 4.90 Å². The van der Waals surface area contributed by atoms with E-state index < -0.39 is 0 Å². The summed E-state index contributed by atoms with van der Waals surface area (Å²) in [7, 11) is 0. The Bertz CT molecular complexity index is 793. The molecule has 0 radical (unpaired) electrons. The van der Waals surface area contributed by atoms with Gasteiger partial charge < -0.3 is 24.8 Å². The molecule has 8 heteroatoms. The van der Waals surface area contributed by atoms with E-state index in [9.17, 15) is 0 Å². The fourth-order valence-electron chi connectivity index (χ4n) is 3.37. The van der Waals surface area contributed by atoms with Crippen molar-refractivity contribution in [3.8, 4) is 11.5 Å². The molecule has 1 saturated heterocycles. The van der Waals surface area contributed by atoms with Crippen molar-refractivity contribution in [3.63, 3.8) is 0 Å². The fraction of sp³-hybridized carbons (Fsp3) is 0.474. The molecule has 4 rings (SSSR count). The van der Waals surface area contributed by atoms with Crippen molar-refractivity contribution in [2.75, 3.05) is 56.3 Å². The first-order valence-corrected chi connectivity index (χ1v) is 9.27. The number of rotatable bonds is 6. The fourth-order valence-corrected chi connectivity index (χ4v) is 3.37. The number of fused-ring (bicyclic) bond motifs is 1. The smallest absolute Gasteiger partial charge is 0.231 e. The van der Waals surface area contributed by atoms with E-state index in [1.807, 2.05) is 19.1 Å². The van der Waals surface area contributed by atoms with E-state index in [1.165, 1.54) is 5.56 Å². The Hall–Kier alpha value is -2.58. The second-order valence-corrected chi connectivity index (χ2v) is 6.80. The van der Waals surface area contributed by atoms with Gasteiger partial charge in [0, 0.05) is 51.0 Å². The molecule has 0 aliphatic carbocycles. The van der Waals surface area contributed by atoms with Crippen molar-refractivity contribution in [1.82, 2.24) is 14.9 Å². The van der Waals surface area contributed by atoms with Crippen LogP contribution in [0.25, 0.3) is 0 Å². The highest BCUT2D eigenvalue weighted by atomic mass is 16.7. The molecular weight excluding hydrogens is 346 g/mol. The van der Waals surface area contributed by atoms with Gasteiger partial charge in [-0.1, -0.05) is 6.07 Å². The van der Waals surface area contributed by atoms with Crippen LogP contribution in [0.15, 0.2) is 24.3 Å². The average Bonchev–Trinajstić information content (AvgIpc) is 3.14. The van der Waals surface area contributed by atoms with Crippen molar-refractivity contribution >= 4 is 11.8 Å². The summed E-state index contributed by atoms with van der Waals surface area (Å²) in [6.07, 6.45) is 0. The highest BCUT2D eigenvalue weighted by Crippen LogP contribution is 2.32. The van der Waals surface area contributed by atoms with Gasteiger partial charge in [0.05, 0.1) is 6.61 Å². The molecule has 1 aromatic heterocycles. The van der Waals surface area contributed by atoms with Crippen molar-refractivity contribution in [3.05, 3.63) is 35.5 Å². The van der Waals surface area contributed by atoms with Crippen LogP contribution in [-0.2, 0) is 6.54 Å². The molecule has 27 heavy (non-hydrogen) atoms. The van der Waals surface area contributed by atoms with Gasteiger partial charge in [-0.25, -0.2) is 4.98 Å². The maximum Gasteiger partial charge on any atom is 0.231 e. The highest BCUT2D eigenvalue weighted by Gasteiger charge is 2.21. The maximum atomic E-state index is 8.98. The number of nitrogens with zero attached hydrogens (tertiary/aromatic N) is 4. The first kappa shape index (κ1) is 17.8. The van der Waals surface area contributed by atoms with Crippen molar-refractivity contribution in [2.45, 2.75) is 13.5 Å². The van der Waals surface area contributed by atoms with Gasteiger partial charge in [0.2, 0.25) is 12.7 Å². The van der Waals surface area contributed by atoms with Gasteiger partial charge in [-0.2, -0.15) is 4.98 Å². The summed E-state index contributed by atoms with van der Waals surface area (Å²) in [6, 6.07) is 8.05. The van der Waals surface area contributed by atoms with Gasteiger partial charge in [-0.05, 0) is 24.6 Å². The number of aryl methyl sites for hydroxylation is 1. The second kappa shape index (κ2) is 7.98. The molecule has 0 unspecified atom stereocenters. The summed E-state index contributed by atoms with van der Waals surface area (Å²) >= 11 is 0. The molecule has 8 nitrogen and oxygen atoms in total. The van der Waals surface area contributed by atoms with Crippen LogP contribution in [-0.4, -0.2) is 66.1 Å². The quantitative estimate of drug-likeness (QED) is 0.785. The van der Waals surface area contributed by atoms with E-state index in [1.54, 1.807) is 0 Å². The molecule has 2 aliphatic rings. The molecular formula is C19H25N5O3. The number of piperazine rings is 1. The summed E-state index contributed by atoms with van der Waals surface area (Å²) < 4.78 is 10.8. The number of benzene rings is 1. The molecule has 2 aliphatic heterocycles. The lowest BCUT2D eigenvalue weighted by Gasteiger charge is -2.35. The summed E-state index contributed by atoms with van der Waals surface area (Å²) in [5, 5.41) is 12.1. The van der Waals surface area contributed by atoms with Gasteiger partial charge in [0.25, 0.3) is 0 Å². The Labute approximate surface area is 158 Å². The normalized spacial score (nSPS) is 16.6. The van der Waals surface area contributed by atoms with E-state index in [4.69, 9.17) is 14.6 Å². The minimum atomic E-state index is 0.0803. The number of hydrogen-bond donors (Lipinski definition) is 2. The van der Waals surface area contributed by atoms with Crippen molar-refractivity contribution < 1.29 is 14.6 Å². The molecule has 0 spiro atoms. The molecule has 0 amide bonds. The van der Waals surface area contributed by atoms with Crippen molar-refractivity contribution in [2.24, 2.45) is 0 Å². The van der Waals surface area contributed by atoms with E-state index in [-0.39, 0.29) is 6.61 Å². The standard InChI is InChI=1S/C19H25N5O3/c1-14-10-18(20-4-9-25)22-19(21-14)24-7-5-23(6-8-24)12-15-2-3-16-17(11-15)27-13-26-16/h2-3,10-11,25H,4-9,12-13H2,1H3,(H,20,21,22). The lowest BCUT2D eigenvalue weighted by Crippen LogP contribution is -2.46. The zero-order valence-electron chi connectivity index (χ0n) is 15.5. The van der Waals surface area contributed by atoms with Crippen LogP contribution in [0.4, 0.5) is 11.8 Å². The first-order valence-electron chi connectivity index (χ1n) is 9.27. The number of hydrogen-bond acceptors (Lipinski definition) is 8. The minimum absolute atomic E-state index is 0.0803. The Morgan fingerprint density at radius 1 is 1.07 bits per heavy atom. The summed E-state index contributed by atoms with van der Waals surface area (Å²) in [6.45, 7) is 7.39. The SMILES string of the molecule is Cc1cc(NCCO)nc(N2CCN(Cc3ccc4c(c3)OCO4)CC2)n1. The average molecular weight is 371 g/mol. The predicted molar refractivity (Wildman–Crippen MR) is 102 cm³/mol. The molecule has 1 aromatic carbocycles. The Kier molecular flexibility index (Phi) is 5.26. The molecule has 0 atom stereocenters. The number of aliphatic hydroxyl groups excluding tert-OH is 1. The highest BCUT2D eigenvalue weighted by molar-refractivity contribution is 5.45. The first-order chi connectivity index (χ1) is 13.2. The Balaban J connectivity index is 1.35. The van der Waals surface area contributed by atoms with Gasteiger partial charge in [0.1, 0.15) is 5.82 Å². The summed E-state index contributed by atoms with van der Waals surface area (Å²) in [5.41, 5.74) is 2.15. The van der Waals surface area contributed by atoms with Crippen LogP contribution in [0.1, 0.15) is 11.3 Å². The molecule has 1 fully saturated rings. The zero-order chi connectivity index (χ0) is 18.6. The lowest BCUT2D eigenvalue weighted by atomic mass is 10.1. The molecule has 144 valence electrons. The van der Waals surface area contributed by atoms with Crippen LogP contribution in [0.2, 0.25) is 0 Å². The van der Waals surface area contributed by atoms with Crippen LogP contribution in [0, 0.1) is 6.92 Å². The lowest BCUT2D eigenvalue weighted by molar-refractivity contribution is 0.174. The van der Waals surface area contributed by atoms with Crippen molar-refractivity contribution in [1.29, 1.82) is 0 Å². The van der Waals surface area contributed by atoms with Gasteiger partial charge >= 0.3 is 0 Å². The third kappa shape index (κ3) is 4.23. The number of nitrogens with one attached hydrogen (secondary N) is 1. The molecule has 2 aromatic rings. The maximum absolute atomic E-state index is 8.98. The van der Waals surface area contributed by atoms with E-state index in [0.717, 1.165) is 61.7 Å². The summed E-state index contributed by atoms with van der Waals surface area (Å²) in [5.74, 6) is 3.17. The summed E-state index contributed by atoms with van der Waals surface area (Å²) in [4.78, 5) is 13.8. The van der Waals surface area contributed by atoms with Crippen LogP contribution < -0.4 is 19.7 Å². The predicted octanol–water partition coefficient (Wildman–Crippen LogP) is 1.24. The van der Waals surface area contributed by atoms with E-state index in [2.05, 4.69) is 37.2 Å². The van der Waals surface area contributed by atoms with Gasteiger partial charge in [-0.15, -0.1) is 0 Å². The van der Waals surface area contributed by atoms with Crippen LogP contribution in [0.5, 0.6) is 11.5 Å². The van der Waals surface area contributed by atoms with Crippen LogP contribution >= 0.6 is 0 Å². The molecule has 0 bridgehead atoms. The number of aliphatic hydroxyl groups is 1. The third-order valence-corrected chi connectivity index (χ3v) is 4.76. The number of ether oxygens (including phenoxy) is 2. The molecule has 3 heterocycles. The topological polar surface area (TPSA) is 83.0 Å². The number of anilines is 2. The van der Waals surface area contributed by atoms with Crippen LogP contribution in [0.3, 0.4) is 0 Å². The third-order valence-electron chi connectivity index (χ3n) is 4.76. The minimum Gasteiger partial charge on any atom is -0.454 e. The largest absolute Gasteiger partial charge is 0.454 e. The molecule has 2 N–H and O–H groups in total. The second-order valence-electron chi connectivity index (χ2n) is 6.80. The van der Waals surface area contributed by atoms with E-state index >= 15 is 0 Å². The Morgan fingerprint density at radius 2 is 1.89 bits per heavy atom. The zero-order valence-corrected chi connectivity index (χ0v) is 15.5. The van der Waals surface area contributed by atoms with E-state index in [0.29, 0.717) is 13.3 Å². The monoisotopic (exact) mass is 371 g/mol. The van der Waals surface area contributed by atoms with Gasteiger partial charge in [0.15, 0.2) is 11.5 Å². The molecule has 0 saturated carbocycles.